The number of pyridine rings is 1. The van der Waals surface area contributed by atoms with Crippen LogP contribution in [0.15, 0.2) is 12.3 Å². The first-order chi connectivity index (χ1) is 5.96. The van der Waals surface area contributed by atoms with Gasteiger partial charge in [-0.05, 0) is 0 Å². The molecular weight excluding hydrogens is 190 g/mol. The SMILES string of the molecule is COc1ccnc(C(F)(F)F)c1F. The summed E-state index contributed by atoms with van der Waals surface area (Å²) in [6.45, 7) is 0. The lowest BCUT2D eigenvalue weighted by atomic mass is 10.3. The largest absolute Gasteiger partial charge is 0.494 e. The highest BCUT2D eigenvalue weighted by Crippen LogP contribution is 2.32. The molecule has 0 N–H and O–H groups in total. The number of methoxy groups -OCH3 is 1. The molecule has 0 aliphatic heterocycles. The summed E-state index contributed by atoms with van der Waals surface area (Å²) in [4.78, 5) is 2.88. The van der Waals surface area contributed by atoms with Crippen molar-refractivity contribution in [3.8, 4) is 5.75 Å². The van der Waals surface area contributed by atoms with Crippen molar-refractivity contribution in [2.45, 2.75) is 6.18 Å². The normalized spacial score (nSPS) is 11.5. The molecule has 1 rings (SSSR count). The van der Waals surface area contributed by atoms with E-state index in [2.05, 4.69) is 9.72 Å². The molecule has 0 aromatic carbocycles. The molecule has 0 fully saturated rings. The van der Waals surface area contributed by atoms with Crippen molar-refractivity contribution >= 4 is 0 Å². The van der Waals surface area contributed by atoms with Crippen LogP contribution in [0.4, 0.5) is 17.6 Å². The molecule has 1 aromatic heterocycles. The molecule has 0 saturated carbocycles. The Morgan fingerprint density at radius 2 is 2.00 bits per heavy atom. The Balaban J connectivity index is 3.24. The van der Waals surface area contributed by atoms with Gasteiger partial charge in [0.1, 0.15) is 0 Å². The average Bonchev–Trinajstić information content (AvgIpc) is 2.02. The highest BCUT2D eigenvalue weighted by Gasteiger charge is 2.37. The molecule has 0 atom stereocenters. The summed E-state index contributed by atoms with van der Waals surface area (Å²) >= 11 is 0. The van der Waals surface area contributed by atoms with Gasteiger partial charge in [0.15, 0.2) is 17.3 Å². The Morgan fingerprint density at radius 3 is 2.46 bits per heavy atom. The van der Waals surface area contributed by atoms with Gasteiger partial charge in [0.25, 0.3) is 0 Å². The molecule has 72 valence electrons. The van der Waals surface area contributed by atoms with E-state index < -0.39 is 23.4 Å². The van der Waals surface area contributed by atoms with Crippen molar-refractivity contribution < 1.29 is 22.3 Å². The minimum Gasteiger partial charge on any atom is -0.494 e. The third-order valence-electron chi connectivity index (χ3n) is 1.34. The highest BCUT2D eigenvalue weighted by atomic mass is 19.4. The van der Waals surface area contributed by atoms with Gasteiger partial charge in [-0.1, -0.05) is 0 Å². The molecular formula is C7H5F4NO. The van der Waals surface area contributed by atoms with Crippen LogP contribution in [0.5, 0.6) is 5.75 Å². The van der Waals surface area contributed by atoms with Crippen molar-refractivity contribution in [3.63, 3.8) is 0 Å². The first-order valence-corrected chi connectivity index (χ1v) is 3.22. The number of hydrogen-bond acceptors (Lipinski definition) is 2. The maximum absolute atomic E-state index is 12.9. The molecule has 1 heterocycles. The first-order valence-electron chi connectivity index (χ1n) is 3.22. The summed E-state index contributed by atoms with van der Waals surface area (Å²) < 4.78 is 53.2. The van der Waals surface area contributed by atoms with Gasteiger partial charge in [0.05, 0.1) is 7.11 Å². The Morgan fingerprint density at radius 1 is 1.38 bits per heavy atom. The van der Waals surface area contributed by atoms with Crippen LogP contribution < -0.4 is 4.74 Å². The van der Waals surface area contributed by atoms with Gasteiger partial charge in [-0.25, -0.2) is 9.37 Å². The summed E-state index contributed by atoms with van der Waals surface area (Å²) in [5, 5.41) is 0. The van der Waals surface area contributed by atoms with E-state index in [0.717, 1.165) is 19.4 Å². The Kier molecular flexibility index (Phi) is 2.40. The summed E-state index contributed by atoms with van der Waals surface area (Å²) in [6.07, 6.45) is -3.96. The fourth-order valence-electron chi connectivity index (χ4n) is 0.781. The molecule has 0 aliphatic rings. The fraction of sp³-hybridized carbons (Fsp3) is 0.286. The first kappa shape index (κ1) is 9.76. The molecule has 1 aromatic rings. The lowest BCUT2D eigenvalue weighted by molar-refractivity contribution is -0.143. The molecule has 2 nitrogen and oxygen atoms in total. The molecule has 0 radical (unpaired) electrons. The predicted molar refractivity (Wildman–Crippen MR) is 35.7 cm³/mol. The van der Waals surface area contributed by atoms with E-state index in [0.29, 0.717) is 0 Å². The minimum atomic E-state index is -4.79. The van der Waals surface area contributed by atoms with Crippen LogP contribution >= 0.6 is 0 Å². The van der Waals surface area contributed by atoms with Crippen LogP contribution in [0.25, 0.3) is 0 Å². The van der Waals surface area contributed by atoms with Crippen LogP contribution in [-0.2, 0) is 6.18 Å². The van der Waals surface area contributed by atoms with Crippen molar-refractivity contribution in [1.82, 2.24) is 4.98 Å². The number of hydrogen-bond donors (Lipinski definition) is 0. The number of ether oxygens (including phenoxy) is 1. The van der Waals surface area contributed by atoms with Gasteiger partial charge in [-0.2, -0.15) is 13.2 Å². The number of nitrogens with zero attached hydrogens (tertiary/aromatic N) is 1. The smallest absolute Gasteiger partial charge is 0.436 e. The molecule has 13 heavy (non-hydrogen) atoms. The molecule has 0 spiro atoms. The van der Waals surface area contributed by atoms with Gasteiger partial charge in [-0.3, -0.25) is 0 Å². The second kappa shape index (κ2) is 3.20. The molecule has 6 heteroatoms. The minimum absolute atomic E-state index is 0.470. The number of rotatable bonds is 1. The third kappa shape index (κ3) is 1.88. The maximum Gasteiger partial charge on any atom is 0.436 e. The summed E-state index contributed by atoms with van der Waals surface area (Å²) in [5.41, 5.74) is -1.56. The van der Waals surface area contributed by atoms with Crippen molar-refractivity contribution in [2.75, 3.05) is 7.11 Å². The van der Waals surface area contributed by atoms with Crippen molar-refractivity contribution in [3.05, 3.63) is 23.8 Å². The van der Waals surface area contributed by atoms with Crippen LogP contribution in [0.3, 0.4) is 0 Å². The Bertz CT molecular complexity index is 310. The van der Waals surface area contributed by atoms with Crippen LogP contribution in [0.2, 0.25) is 0 Å². The molecule has 0 saturated heterocycles. The second-order valence-electron chi connectivity index (χ2n) is 2.17. The molecule has 0 bridgehead atoms. The monoisotopic (exact) mass is 195 g/mol. The zero-order chi connectivity index (χ0) is 10.1. The van der Waals surface area contributed by atoms with E-state index in [1.54, 1.807) is 0 Å². The van der Waals surface area contributed by atoms with Crippen LogP contribution in [0.1, 0.15) is 5.69 Å². The zero-order valence-corrected chi connectivity index (χ0v) is 6.52. The van der Waals surface area contributed by atoms with Gasteiger partial charge < -0.3 is 4.74 Å². The lowest BCUT2D eigenvalue weighted by Gasteiger charge is -2.08. The van der Waals surface area contributed by atoms with E-state index in [9.17, 15) is 17.6 Å². The third-order valence-corrected chi connectivity index (χ3v) is 1.34. The average molecular weight is 195 g/mol. The highest BCUT2D eigenvalue weighted by molar-refractivity contribution is 5.26. The molecule has 0 aliphatic carbocycles. The van der Waals surface area contributed by atoms with Gasteiger partial charge in [0, 0.05) is 12.3 Å². The zero-order valence-electron chi connectivity index (χ0n) is 6.52. The maximum atomic E-state index is 12.9. The van der Waals surface area contributed by atoms with E-state index >= 15 is 0 Å². The second-order valence-corrected chi connectivity index (χ2v) is 2.17. The fourth-order valence-corrected chi connectivity index (χ4v) is 0.781. The Labute approximate surface area is 71.2 Å². The quantitative estimate of drug-likeness (QED) is 0.641. The van der Waals surface area contributed by atoms with E-state index in [1.807, 2.05) is 0 Å². The van der Waals surface area contributed by atoms with E-state index in [1.165, 1.54) is 0 Å². The summed E-state index contributed by atoms with van der Waals surface area (Å²) in [7, 11) is 1.08. The van der Waals surface area contributed by atoms with Crippen LogP contribution in [-0.4, -0.2) is 12.1 Å². The molecule has 0 unspecified atom stereocenters. The Hall–Kier alpha value is -1.33. The van der Waals surface area contributed by atoms with Gasteiger partial charge >= 0.3 is 6.18 Å². The van der Waals surface area contributed by atoms with Gasteiger partial charge in [0.2, 0.25) is 0 Å². The van der Waals surface area contributed by atoms with Crippen molar-refractivity contribution in [2.24, 2.45) is 0 Å². The van der Waals surface area contributed by atoms with Crippen molar-refractivity contribution in [1.29, 1.82) is 0 Å². The standard InChI is InChI=1S/C7H5F4NO/c1-13-4-2-3-12-6(5(4)8)7(9,10)11/h2-3H,1H3. The number of halogens is 4. The van der Waals surface area contributed by atoms with E-state index in [4.69, 9.17) is 0 Å². The summed E-state index contributed by atoms with van der Waals surface area (Å²) in [6, 6.07) is 1.02. The summed E-state index contributed by atoms with van der Waals surface area (Å²) in [5.74, 6) is -1.96. The van der Waals surface area contributed by atoms with Crippen LogP contribution in [0, 0.1) is 5.82 Å². The van der Waals surface area contributed by atoms with Gasteiger partial charge in [-0.15, -0.1) is 0 Å². The van der Waals surface area contributed by atoms with E-state index in [-0.39, 0.29) is 0 Å². The lowest BCUT2D eigenvalue weighted by Crippen LogP contribution is -2.11. The molecule has 0 amide bonds. The number of aromatic nitrogens is 1. The topological polar surface area (TPSA) is 22.1 Å². The predicted octanol–water partition coefficient (Wildman–Crippen LogP) is 2.25. The number of alkyl halides is 3.